The summed E-state index contributed by atoms with van der Waals surface area (Å²) in [4.78, 5) is 20.5. The third-order valence-electron chi connectivity index (χ3n) is 3.08. The van der Waals surface area contributed by atoms with Crippen LogP contribution in [0.25, 0.3) is 0 Å². The first-order valence-corrected chi connectivity index (χ1v) is 6.64. The van der Waals surface area contributed by atoms with Gasteiger partial charge in [0, 0.05) is 19.6 Å². The standard InChI is InChI=1S/C11H15BrN4O2/c12-9-6-15-10(7-13-9)14-5-8-1-3-16(4-2-8)11(17)18/h6-8H,1-5H2,(H,14,15)(H,17,18). The number of carbonyl (C=O) groups is 1. The van der Waals surface area contributed by atoms with Gasteiger partial charge < -0.3 is 15.3 Å². The molecule has 1 fully saturated rings. The number of hydrogen-bond donors (Lipinski definition) is 2. The molecule has 0 spiro atoms. The van der Waals surface area contributed by atoms with Gasteiger partial charge in [-0.2, -0.15) is 0 Å². The van der Waals surface area contributed by atoms with Crippen LogP contribution in [0.15, 0.2) is 17.0 Å². The highest BCUT2D eigenvalue weighted by molar-refractivity contribution is 9.10. The minimum atomic E-state index is -0.819. The Labute approximate surface area is 114 Å². The molecule has 6 nitrogen and oxygen atoms in total. The zero-order valence-electron chi connectivity index (χ0n) is 9.84. The number of likely N-dealkylation sites (tertiary alicyclic amines) is 1. The summed E-state index contributed by atoms with van der Waals surface area (Å²) in [5.74, 6) is 1.24. The van der Waals surface area contributed by atoms with Gasteiger partial charge in [0.2, 0.25) is 0 Å². The predicted octanol–water partition coefficient (Wildman–Crippen LogP) is 2.04. The SMILES string of the molecule is O=C(O)N1CCC(CNc2cnc(Br)cn2)CC1. The summed E-state index contributed by atoms with van der Waals surface area (Å²) < 4.78 is 0.711. The molecule has 7 heteroatoms. The fraction of sp³-hybridized carbons (Fsp3) is 0.545. The van der Waals surface area contributed by atoms with E-state index in [1.165, 1.54) is 4.90 Å². The Morgan fingerprint density at radius 2 is 2.17 bits per heavy atom. The van der Waals surface area contributed by atoms with Crippen molar-refractivity contribution in [2.24, 2.45) is 5.92 Å². The third-order valence-corrected chi connectivity index (χ3v) is 3.49. The molecule has 1 aromatic heterocycles. The van der Waals surface area contributed by atoms with Crippen molar-refractivity contribution in [2.45, 2.75) is 12.8 Å². The van der Waals surface area contributed by atoms with Gasteiger partial charge in [0.15, 0.2) is 0 Å². The van der Waals surface area contributed by atoms with E-state index in [0.29, 0.717) is 23.6 Å². The summed E-state index contributed by atoms with van der Waals surface area (Å²) in [6, 6.07) is 0. The highest BCUT2D eigenvalue weighted by atomic mass is 79.9. The zero-order chi connectivity index (χ0) is 13.0. The molecule has 18 heavy (non-hydrogen) atoms. The van der Waals surface area contributed by atoms with Crippen LogP contribution >= 0.6 is 15.9 Å². The molecular formula is C11H15BrN4O2. The maximum atomic E-state index is 10.8. The molecular weight excluding hydrogens is 300 g/mol. The quantitative estimate of drug-likeness (QED) is 0.892. The first-order chi connectivity index (χ1) is 8.65. The summed E-state index contributed by atoms with van der Waals surface area (Å²) in [6.07, 6.45) is 4.29. The van der Waals surface area contributed by atoms with E-state index in [0.717, 1.165) is 25.2 Å². The largest absolute Gasteiger partial charge is 0.465 e. The fourth-order valence-corrected chi connectivity index (χ4v) is 2.19. The molecule has 0 radical (unpaired) electrons. The van der Waals surface area contributed by atoms with Gasteiger partial charge in [-0.05, 0) is 34.7 Å². The molecule has 0 unspecified atom stereocenters. The lowest BCUT2D eigenvalue weighted by Gasteiger charge is -2.30. The summed E-state index contributed by atoms with van der Waals surface area (Å²) in [7, 11) is 0. The lowest BCUT2D eigenvalue weighted by atomic mass is 9.97. The first-order valence-electron chi connectivity index (χ1n) is 5.84. The van der Waals surface area contributed by atoms with Crippen molar-refractivity contribution in [1.29, 1.82) is 0 Å². The summed E-state index contributed by atoms with van der Waals surface area (Å²) >= 11 is 3.23. The molecule has 0 atom stereocenters. The van der Waals surface area contributed by atoms with Crippen LogP contribution in [0.3, 0.4) is 0 Å². The van der Waals surface area contributed by atoms with Crippen LogP contribution in [0.4, 0.5) is 10.6 Å². The Morgan fingerprint density at radius 1 is 1.44 bits per heavy atom. The predicted molar refractivity (Wildman–Crippen MR) is 70.5 cm³/mol. The van der Waals surface area contributed by atoms with E-state index in [2.05, 4.69) is 31.2 Å². The number of carboxylic acid groups (broad SMARTS) is 1. The smallest absolute Gasteiger partial charge is 0.407 e. The van der Waals surface area contributed by atoms with Crippen molar-refractivity contribution in [3.63, 3.8) is 0 Å². The molecule has 1 amide bonds. The van der Waals surface area contributed by atoms with E-state index in [1.807, 2.05) is 0 Å². The Hall–Kier alpha value is -1.37. The summed E-state index contributed by atoms with van der Waals surface area (Å²) in [6.45, 7) is 2.05. The number of amides is 1. The van der Waals surface area contributed by atoms with Crippen LogP contribution in [0, 0.1) is 5.92 Å². The molecule has 2 N–H and O–H groups in total. The minimum absolute atomic E-state index is 0.492. The second-order valence-corrected chi connectivity index (χ2v) is 5.13. The fourth-order valence-electron chi connectivity index (χ4n) is 1.98. The number of anilines is 1. The van der Waals surface area contributed by atoms with Crippen LogP contribution in [-0.2, 0) is 0 Å². The van der Waals surface area contributed by atoms with E-state index >= 15 is 0 Å². The Balaban J connectivity index is 1.75. The normalized spacial score (nSPS) is 16.6. The molecule has 0 saturated carbocycles. The lowest BCUT2D eigenvalue weighted by molar-refractivity contribution is 0.126. The van der Waals surface area contributed by atoms with Gasteiger partial charge in [0.25, 0.3) is 0 Å². The Bertz CT molecular complexity index is 404. The highest BCUT2D eigenvalue weighted by Gasteiger charge is 2.21. The van der Waals surface area contributed by atoms with Gasteiger partial charge >= 0.3 is 6.09 Å². The molecule has 1 saturated heterocycles. The number of nitrogens with one attached hydrogen (secondary N) is 1. The van der Waals surface area contributed by atoms with Gasteiger partial charge in [-0.3, -0.25) is 0 Å². The monoisotopic (exact) mass is 314 g/mol. The maximum Gasteiger partial charge on any atom is 0.407 e. The van der Waals surface area contributed by atoms with E-state index in [4.69, 9.17) is 5.11 Å². The van der Waals surface area contributed by atoms with Crippen LogP contribution in [-0.4, -0.2) is 45.7 Å². The average Bonchev–Trinajstić information content (AvgIpc) is 2.38. The summed E-state index contributed by atoms with van der Waals surface area (Å²) in [5, 5.41) is 12.1. The van der Waals surface area contributed by atoms with Crippen molar-refractivity contribution in [1.82, 2.24) is 14.9 Å². The molecule has 1 aromatic rings. The van der Waals surface area contributed by atoms with E-state index in [1.54, 1.807) is 12.4 Å². The molecule has 2 rings (SSSR count). The van der Waals surface area contributed by atoms with Gasteiger partial charge in [0.05, 0.1) is 12.4 Å². The minimum Gasteiger partial charge on any atom is -0.465 e. The molecule has 1 aliphatic heterocycles. The summed E-state index contributed by atoms with van der Waals surface area (Å²) in [5.41, 5.74) is 0. The number of halogens is 1. The number of aromatic nitrogens is 2. The molecule has 0 aromatic carbocycles. The first kappa shape index (κ1) is 13.1. The van der Waals surface area contributed by atoms with Crippen molar-refractivity contribution in [3.05, 3.63) is 17.0 Å². The van der Waals surface area contributed by atoms with Gasteiger partial charge in [-0.15, -0.1) is 0 Å². The second-order valence-electron chi connectivity index (χ2n) is 4.32. The van der Waals surface area contributed by atoms with Crippen molar-refractivity contribution >= 4 is 27.8 Å². The van der Waals surface area contributed by atoms with Crippen LogP contribution in [0.2, 0.25) is 0 Å². The topological polar surface area (TPSA) is 78.4 Å². The van der Waals surface area contributed by atoms with Gasteiger partial charge in [0.1, 0.15) is 10.4 Å². The Kier molecular flexibility index (Phi) is 4.35. The Morgan fingerprint density at radius 3 is 2.72 bits per heavy atom. The zero-order valence-corrected chi connectivity index (χ0v) is 11.4. The van der Waals surface area contributed by atoms with Crippen molar-refractivity contribution in [2.75, 3.05) is 25.0 Å². The highest BCUT2D eigenvalue weighted by Crippen LogP contribution is 2.17. The number of nitrogens with zero attached hydrogens (tertiary/aromatic N) is 3. The second kappa shape index (κ2) is 5.99. The molecule has 0 bridgehead atoms. The van der Waals surface area contributed by atoms with Gasteiger partial charge in [-0.25, -0.2) is 14.8 Å². The molecule has 98 valence electrons. The maximum absolute atomic E-state index is 10.8. The molecule has 0 aliphatic carbocycles. The number of piperidine rings is 1. The molecule has 1 aliphatic rings. The van der Waals surface area contributed by atoms with Crippen LogP contribution < -0.4 is 5.32 Å². The van der Waals surface area contributed by atoms with Crippen molar-refractivity contribution in [3.8, 4) is 0 Å². The third kappa shape index (κ3) is 3.56. The number of hydrogen-bond acceptors (Lipinski definition) is 4. The van der Waals surface area contributed by atoms with E-state index in [-0.39, 0.29) is 0 Å². The van der Waals surface area contributed by atoms with Crippen LogP contribution in [0.1, 0.15) is 12.8 Å². The van der Waals surface area contributed by atoms with Gasteiger partial charge in [-0.1, -0.05) is 0 Å². The van der Waals surface area contributed by atoms with Crippen molar-refractivity contribution < 1.29 is 9.90 Å². The van der Waals surface area contributed by atoms with E-state index in [9.17, 15) is 4.79 Å². The van der Waals surface area contributed by atoms with E-state index < -0.39 is 6.09 Å². The lowest BCUT2D eigenvalue weighted by Crippen LogP contribution is -2.39. The molecule has 2 heterocycles. The number of rotatable bonds is 3. The average molecular weight is 315 g/mol. The van der Waals surface area contributed by atoms with Crippen LogP contribution in [0.5, 0.6) is 0 Å².